The molecule has 5 nitrogen and oxygen atoms in total. The van der Waals surface area contributed by atoms with E-state index in [0.717, 1.165) is 5.56 Å². The molecule has 2 rings (SSSR count). The molecular weight excluding hydrogens is 284 g/mol. The second-order valence-electron chi connectivity index (χ2n) is 3.44. The topological polar surface area (TPSA) is 70.7 Å². The summed E-state index contributed by atoms with van der Waals surface area (Å²) in [6, 6.07) is 9.88. The van der Waals surface area contributed by atoms with Crippen molar-refractivity contribution < 1.29 is 4.79 Å². The van der Waals surface area contributed by atoms with E-state index in [4.69, 9.17) is 0 Å². The highest BCUT2D eigenvalue weighted by molar-refractivity contribution is 9.09. The molecule has 0 radical (unpaired) electrons. The molecule has 1 amide bonds. The first-order chi connectivity index (χ1) is 8.27. The van der Waals surface area contributed by atoms with E-state index in [-0.39, 0.29) is 16.4 Å². The molecule has 88 valence electrons. The molecule has 0 aliphatic rings. The number of benzene rings is 1. The highest BCUT2D eigenvalue weighted by Crippen LogP contribution is 2.20. The summed E-state index contributed by atoms with van der Waals surface area (Å²) >= 11 is 3.52. The van der Waals surface area contributed by atoms with E-state index in [1.807, 2.05) is 30.3 Å². The van der Waals surface area contributed by atoms with Gasteiger partial charge in [-0.15, -0.1) is 0 Å². The second kappa shape index (κ2) is 5.58. The Hall–Kier alpha value is -1.69. The standard InChI is InChI=1S/C11H11BrN4O/c12-9(8-4-2-1-3-5-8)6-13-11(17)10-7-14-16-15-10/h1-5,7,9H,6H2,(H,13,17)(H,14,15,16). The van der Waals surface area contributed by atoms with Gasteiger partial charge in [-0.1, -0.05) is 46.3 Å². The smallest absolute Gasteiger partial charge is 0.273 e. The van der Waals surface area contributed by atoms with E-state index in [1.165, 1.54) is 6.20 Å². The lowest BCUT2D eigenvalue weighted by atomic mass is 10.1. The fourth-order valence-electron chi connectivity index (χ4n) is 1.36. The van der Waals surface area contributed by atoms with Gasteiger partial charge in [0.25, 0.3) is 5.91 Å². The zero-order chi connectivity index (χ0) is 12.1. The molecule has 0 aliphatic heterocycles. The zero-order valence-corrected chi connectivity index (χ0v) is 10.5. The van der Waals surface area contributed by atoms with E-state index >= 15 is 0 Å². The minimum Gasteiger partial charge on any atom is -0.349 e. The highest BCUT2D eigenvalue weighted by Gasteiger charge is 2.11. The summed E-state index contributed by atoms with van der Waals surface area (Å²) in [5, 5.41) is 12.5. The molecule has 0 fully saturated rings. The maximum absolute atomic E-state index is 11.6. The summed E-state index contributed by atoms with van der Waals surface area (Å²) in [5.41, 5.74) is 1.41. The van der Waals surface area contributed by atoms with Crippen molar-refractivity contribution in [3.63, 3.8) is 0 Å². The molecule has 1 aromatic heterocycles. The van der Waals surface area contributed by atoms with Crippen LogP contribution in [0.15, 0.2) is 36.5 Å². The summed E-state index contributed by atoms with van der Waals surface area (Å²) in [7, 11) is 0. The van der Waals surface area contributed by atoms with Crippen LogP contribution in [0.25, 0.3) is 0 Å². The molecular formula is C11H11BrN4O. The maximum Gasteiger partial charge on any atom is 0.273 e. The van der Waals surface area contributed by atoms with Crippen LogP contribution in [-0.4, -0.2) is 27.9 Å². The number of halogens is 1. The summed E-state index contributed by atoms with van der Waals surface area (Å²) in [4.78, 5) is 11.7. The van der Waals surface area contributed by atoms with Crippen molar-refractivity contribution >= 4 is 21.8 Å². The average molecular weight is 295 g/mol. The van der Waals surface area contributed by atoms with Gasteiger partial charge in [0.2, 0.25) is 0 Å². The Bertz CT molecular complexity index is 471. The first-order valence-corrected chi connectivity index (χ1v) is 6.02. The monoisotopic (exact) mass is 294 g/mol. The van der Waals surface area contributed by atoms with Gasteiger partial charge in [0.1, 0.15) is 0 Å². The fourth-order valence-corrected chi connectivity index (χ4v) is 1.83. The molecule has 1 atom stereocenters. The van der Waals surface area contributed by atoms with E-state index in [9.17, 15) is 4.79 Å². The molecule has 1 heterocycles. The molecule has 0 bridgehead atoms. The van der Waals surface area contributed by atoms with Gasteiger partial charge >= 0.3 is 0 Å². The Balaban J connectivity index is 1.89. The lowest BCUT2D eigenvalue weighted by molar-refractivity contribution is 0.0949. The Morgan fingerprint density at radius 3 is 2.82 bits per heavy atom. The number of H-pyrrole nitrogens is 1. The fraction of sp³-hybridized carbons (Fsp3) is 0.182. The number of nitrogens with zero attached hydrogens (tertiary/aromatic N) is 2. The first-order valence-electron chi connectivity index (χ1n) is 5.10. The Kier molecular flexibility index (Phi) is 3.87. The van der Waals surface area contributed by atoms with Crippen molar-refractivity contribution in [3.05, 3.63) is 47.8 Å². The summed E-state index contributed by atoms with van der Waals surface area (Å²) in [6.07, 6.45) is 1.39. The Morgan fingerprint density at radius 1 is 1.41 bits per heavy atom. The maximum atomic E-state index is 11.6. The van der Waals surface area contributed by atoms with Crippen LogP contribution in [-0.2, 0) is 0 Å². The number of hydrogen-bond donors (Lipinski definition) is 2. The quantitative estimate of drug-likeness (QED) is 0.843. The molecule has 2 aromatic rings. The van der Waals surface area contributed by atoms with Gasteiger partial charge in [0.05, 0.1) is 11.0 Å². The Morgan fingerprint density at radius 2 is 2.18 bits per heavy atom. The van der Waals surface area contributed by atoms with Crippen molar-refractivity contribution in [2.75, 3.05) is 6.54 Å². The zero-order valence-electron chi connectivity index (χ0n) is 8.93. The summed E-state index contributed by atoms with van der Waals surface area (Å²) < 4.78 is 0. The van der Waals surface area contributed by atoms with Crippen LogP contribution < -0.4 is 5.32 Å². The van der Waals surface area contributed by atoms with Crippen molar-refractivity contribution in [3.8, 4) is 0 Å². The molecule has 2 N–H and O–H groups in total. The third-order valence-corrected chi connectivity index (χ3v) is 3.10. The minimum atomic E-state index is -0.237. The highest BCUT2D eigenvalue weighted by atomic mass is 79.9. The van der Waals surface area contributed by atoms with E-state index in [1.54, 1.807) is 0 Å². The lowest BCUT2D eigenvalue weighted by Gasteiger charge is -2.10. The molecule has 1 unspecified atom stereocenters. The third-order valence-electron chi connectivity index (χ3n) is 2.25. The number of carbonyl (C=O) groups is 1. The van der Waals surface area contributed by atoms with Crippen molar-refractivity contribution in [2.24, 2.45) is 0 Å². The predicted octanol–water partition coefficient (Wildman–Crippen LogP) is 1.67. The number of alkyl halides is 1. The summed E-state index contributed by atoms with van der Waals surface area (Å²) in [5.74, 6) is -0.237. The summed E-state index contributed by atoms with van der Waals surface area (Å²) in [6.45, 7) is 0.496. The van der Waals surface area contributed by atoms with Gasteiger partial charge in [-0.05, 0) is 5.56 Å². The van der Waals surface area contributed by atoms with E-state index < -0.39 is 0 Å². The van der Waals surface area contributed by atoms with Gasteiger partial charge in [0.15, 0.2) is 5.69 Å². The number of aromatic nitrogens is 3. The van der Waals surface area contributed by atoms with Crippen LogP contribution in [0.3, 0.4) is 0 Å². The third kappa shape index (κ3) is 3.13. The largest absolute Gasteiger partial charge is 0.349 e. The van der Waals surface area contributed by atoms with Gasteiger partial charge < -0.3 is 5.32 Å². The molecule has 17 heavy (non-hydrogen) atoms. The number of hydrogen-bond acceptors (Lipinski definition) is 3. The second-order valence-corrected chi connectivity index (χ2v) is 4.55. The molecule has 0 spiro atoms. The minimum absolute atomic E-state index is 0.0829. The van der Waals surface area contributed by atoms with Crippen molar-refractivity contribution in [1.82, 2.24) is 20.7 Å². The first kappa shape index (κ1) is 11.8. The van der Waals surface area contributed by atoms with Crippen LogP contribution >= 0.6 is 15.9 Å². The molecule has 6 heteroatoms. The van der Waals surface area contributed by atoms with Crippen molar-refractivity contribution in [2.45, 2.75) is 4.83 Å². The van der Waals surface area contributed by atoms with Crippen LogP contribution in [0.5, 0.6) is 0 Å². The number of amides is 1. The Labute approximate surface area is 107 Å². The number of carbonyl (C=O) groups excluding carboxylic acids is 1. The normalized spacial score (nSPS) is 12.1. The molecule has 0 saturated carbocycles. The number of aromatic amines is 1. The SMILES string of the molecule is O=C(NCC(Br)c1ccccc1)c1cn[nH]n1. The molecule has 1 aromatic carbocycles. The molecule has 0 saturated heterocycles. The van der Waals surface area contributed by atoms with Crippen molar-refractivity contribution in [1.29, 1.82) is 0 Å². The van der Waals surface area contributed by atoms with Crippen LogP contribution in [0, 0.1) is 0 Å². The van der Waals surface area contributed by atoms with Gasteiger partial charge in [-0.3, -0.25) is 4.79 Å². The lowest BCUT2D eigenvalue weighted by Crippen LogP contribution is -2.27. The van der Waals surface area contributed by atoms with E-state index in [2.05, 4.69) is 36.7 Å². The van der Waals surface area contributed by atoms with Crippen LogP contribution in [0.4, 0.5) is 0 Å². The molecule has 0 aliphatic carbocycles. The van der Waals surface area contributed by atoms with Gasteiger partial charge in [-0.2, -0.15) is 15.4 Å². The predicted molar refractivity (Wildman–Crippen MR) is 66.8 cm³/mol. The van der Waals surface area contributed by atoms with Crippen LogP contribution in [0.2, 0.25) is 0 Å². The average Bonchev–Trinajstić information content (AvgIpc) is 2.90. The number of nitrogens with one attached hydrogen (secondary N) is 2. The van der Waals surface area contributed by atoms with E-state index in [0.29, 0.717) is 6.54 Å². The number of rotatable bonds is 4. The van der Waals surface area contributed by atoms with Gasteiger partial charge in [0, 0.05) is 6.54 Å². The van der Waals surface area contributed by atoms with Crippen LogP contribution in [0.1, 0.15) is 20.9 Å². The van der Waals surface area contributed by atoms with Gasteiger partial charge in [-0.25, -0.2) is 0 Å².